The fourth-order valence-corrected chi connectivity index (χ4v) is 2.65. The Morgan fingerprint density at radius 3 is 2.86 bits per heavy atom. The minimum atomic E-state index is -0.756. The standard InChI is InChI=1S/C15H14N4O2S/c16-15(20)21-7-8-22-13-6-5-10(9-17-13)14-18-11-3-1-2-4-12(11)19-14/h1-6,9H,7-8H2,(H2,16,20)(H,18,19). The highest BCUT2D eigenvalue weighted by molar-refractivity contribution is 7.99. The number of carbonyl (C=O) groups is 1. The zero-order valence-electron chi connectivity index (χ0n) is 11.7. The Morgan fingerprint density at radius 2 is 2.14 bits per heavy atom. The first-order valence-electron chi connectivity index (χ1n) is 6.68. The number of primary amides is 1. The van der Waals surface area contributed by atoms with E-state index in [9.17, 15) is 4.79 Å². The van der Waals surface area contributed by atoms with Gasteiger partial charge in [-0.2, -0.15) is 0 Å². The molecule has 0 saturated heterocycles. The van der Waals surface area contributed by atoms with Crippen LogP contribution < -0.4 is 5.73 Å². The van der Waals surface area contributed by atoms with Crippen molar-refractivity contribution in [3.05, 3.63) is 42.6 Å². The molecule has 3 rings (SSSR count). The third kappa shape index (κ3) is 3.37. The van der Waals surface area contributed by atoms with Crippen LogP contribution in [0, 0.1) is 0 Å². The lowest BCUT2D eigenvalue weighted by Gasteiger charge is -2.02. The summed E-state index contributed by atoms with van der Waals surface area (Å²) in [6.07, 6.45) is 1.02. The van der Waals surface area contributed by atoms with Crippen molar-refractivity contribution >= 4 is 28.9 Å². The molecule has 7 heteroatoms. The summed E-state index contributed by atoms with van der Waals surface area (Å²) in [4.78, 5) is 22.6. The zero-order valence-corrected chi connectivity index (χ0v) is 12.5. The zero-order chi connectivity index (χ0) is 15.4. The Kier molecular flexibility index (Phi) is 4.24. The van der Waals surface area contributed by atoms with E-state index < -0.39 is 6.09 Å². The van der Waals surface area contributed by atoms with Crippen LogP contribution in [0.15, 0.2) is 47.6 Å². The van der Waals surface area contributed by atoms with E-state index in [1.165, 1.54) is 11.8 Å². The number of rotatable bonds is 5. The van der Waals surface area contributed by atoms with Gasteiger partial charge in [0, 0.05) is 17.5 Å². The molecule has 22 heavy (non-hydrogen) atoms. The van der Waals surface area contributed by atoms with Gasteiger partial charge in [-0.3, -0.25) is 0 Å². The number of ether oxygens (including phenoxy) is 1. The number of hydrogen-bond acceptors (Lipinski definition) is 5. The van der Waals surface area contributed by atoms with Crippen molar-refractivity contribution < 1.29 is 9.53 Å². The Balaban J connectivity index is 1.67. The lowest BCUT2D eigenvalue weighted by Crippen LogP contribution is -2.14. The van der Waals surface area contributed by atoms with Gasteiger partial charge in [0.15, 0.2) is 0 Å². The average molecular weight is 314 g/mol. The van der Waals surface area contributed by atoms with Crippen molar-refractivity contribution in [3.63, 3.8) is 0 Å². The monoisotopic (exact) mass is 314 g/mol. The number of imidazole rings is 1. The van der Waals surface area contributed by atoms with Crippen LogP contribution in [-0.2, 0) is 4.74 Å². The van der Waals surface area contributed by atoms with Crippen molar-refractivity contribution in [3.8, 4) is 11.4 Å². The number of nitrogens with zero attached hydrogens (tertiary/aromatic N) is 2. The normalized spacial score (nSPS) is 10.7. The summed E-state index contributed by atoms with van der Waals surface area (Å²) in [6, 6.07) is 11.8. The van der Waals surface area contributed by atoms with Gasteiger partial charge in [-0.25, -0.2) is 14.8 Å². The van der Waals surface area contributed by atoms with Gasteiger partial charge in [0.2, 0.25) is 0 Å². The van der Waals surface area contributed by atoms with E-state index in [2.05, 4.69) is 19.7 Å². The number of hydrogen-bond donors (Lipinski definition) is 2. The number of aromatic nitrogens is 3. The maximum Gasteiger partial charge on any atom is 0.404 e. The number of pyridine rings is 1. The van der Waals surface area contributed by atoms with Crippen molar-refractivity contribution in [1.29, 1.82) is 0 Å². The van der Waals surface area contributed by atoms with Gasteiger partial charge < -0.3 is 15.5 Å². The summed E-state index contributed by atoms with van der Waals surface area (Å²) < 4.78 is 4.67. The van der Waals surface area contributed by atoms with Crippen molar-refractivity contribution in [2.45, 2.75) is 5.03 Å². The van der Waals surface area contributed by atoms with E-state index in [4.69, 9.17) is 5.73 Å². The molecule has 3 aromatic rings. The van der Waals surface area contributed by atoms with Gasteiger partial charge in [-0.15, -0.1) is 11.8 Å². The number of thioether (sulfide) groups is 1. The number of nitrogens with one attached hydrogen (secondary N) is 1. The largest absolute Gasteiger partial charge is 0.449 e. The lowest BCUT2D eigenvalue weighted by molar-refractivity contribution is 0.164. The van der Waals surface area contributed by atoms with Crippen LogP contribution in [0.25, 0.3) is 22.4 Å². The number of carbonyl (C=O) groups excluding carboxylic acids is 1. The van der Waals surface area contributed by atoms with Gasteiger partial charge in [0.05, 0.1) is 16.1 Å². The molecule has 0 aliphatic rings. The first kappa shape index (κ1) is 14.4. The van der Waals surface area contributed by atoms with Crippen molar-refractivity contribution in [2.75, 3.05) is 12.4 Å². The maximum atomic E-state index is 10.5. The summed E-state index contributed by atoms with van der Waals surface area (Å²) in [5, 5.41) is 0.855. The molecular weight excluding hydrogens is 300 g/mol. The van der Waals surface area contributed by atoms with Gasteiger partial charge in [-0.05, 0) is 24.3 Å². The van der Waals surface area contributed by atoms with E-state index in [0.29, 0.717) is 5.75 Å². The molecule has 0 atom stereocenters. The second kappa shape index (κ2) is 6.48. The minimum absolute atomic E-state index is 0.271. The molecule has 2 aromatic heterocycles. The SMILES string of the molecule is NC(=O)OCCSc1ccc(-c2nc3ccccc3[nH]2)cn1. The maximum absolute atomic E-state index is 10.5. The van der Waals surface area contributed by atoms with Crippen LogP contribution >= 0.6 is 11.8 Å². The van der Waals surface area contributed by atoms with Crippen LogP contribution in [0.5, 0.6) is 0 Å². The quantitative estimate of drug-likeness (QED) is 0.558. The molecule has 0 aliphatic carbocycles. The predicted molar refractivity (Wildman–Crippen MR) is 85.6 cm³/mol. The molecule has 0 spiro atoms. The Morgan fingerprint density at radius 1 is 1.27 bits per heavy atom. The summed E-state index contributed by atoms with van der Waals surface area (Å²) in [7, 11) is 0. The van der Waals surface area contributed by atoms with Crippen LogP contribution in [0.2, 0.25) is 0 Å². The third-order valence-electron chi connectivity index (χ3n) is 2.98. The Labute approximate surface area is 131 Å². The molecule has 2 heterocycles. The molecule has 0 aliphatic heterocycles. The third-order valence-corrected chi connectivity index (χ3v) is 3.88. The van der Waals surface area contributed by atoms with E-state index in [1.807, 2.05) is 36.4 Å². The fourth-order valence-electron chi connectivity index (χ4n) is 1.98. The topological polar surface area (TPSA) is 93.9 Å². The summed E-state index contributed by atoms with van der Waals surface area (Å²) in [5.41, 5.74) is 7.75. The summed E-state index contributed by atoms with van der Waals surface area (Å²) in [6.45, 7) is 0.271. The summed E-state index contributed by atoms with van der Waals surface area (Å²) >= 11 is 1.50. The number of nitrogens with two attached hydrogens (primary N) is 1. The van der Waals surface area contributed by atoms with Gasteiger partial charge in [0.1, 0.15) is 12.4 Å². The first-order chi connectivity index (χ1) is 10.7. The highest BCUT2D eigenvalue weighted by Gasteiger charge is 2.05. The van der Waals surface area contributed by atoms with Crippen LogP contribution in [0.4, 0.5) is 4.79 Å². The molecule has 1 aromatic carbocycles. The molecule has 3 N–H and O–H groups in total. The second-order valence-electron chi connectivity index (χ2n) is 4.50. The minimum Gasteiger partial charge on any atom is -0.449 e. The van der Waals surface area contributed by atoms with Crippen LogP contribution in [0.3, 0.4) is 0 Å². The number of aromatic amines is 1. The molecule has 6 nitrogen and oxygen atoms in total. The first-order valence-corrected chi connectivity index (χ1v) is 7.67. The van der Waals surface area contributed by atoms with Gasteiger partial charge >= 0.3 is 6.09 Å². The highest BCUT2D eigenvalue weighted by atomic mass is 32.2. The van der Waals surface area contributed by atoms with E-state index in [-0.39, 0.29) is 6.61 Å². The van der Waals surface area contributed by atoms with Gasteiger partial charge in [-0.1, -0.05) is 12.1 Å². The number of benzene rings is 1. The van der Waals surface area contributed by atoms with Gasteiger partial charge in [0.25, 0.3) is 0 Å². The molecule has 0 unspecified atom stereocenters. The molecule has 1 amide bonds. The number of fused-ring (bicyclic) bond motifs is 1. The summed E-state index contributed by atoms with van der Waals surface area (Å²) in [5.74, 6) is 1.40. The molecule has 0 bridgehead atoms. The molecule has 0 fully saturated rings. The Bertz CT molecular complexity index is 753. The van der Waals surface area contributed by atoms with Crippen molar-refractivity contribution in [2.24, 2.45) is 5.73 Å². The molecule has 112 valence electrons. The van der Waals surface area contributed by atoms with Crippen LogP contribution in [0.1, 0.15) is 0 Å². The van der Waals surface area contributed by atoms with Crippen molar-refractivity contribution in [1.82, 2.24) is 15.0 Å². The number of para-hydroxylation sites is 2. The smallest absolute Gasteiger partial charge is 0.404 e. The van der Waals surface area contributed by atoms with E-state index in [1.54, 1.807) is 6.20 Å². The lowest BCUT2D eigenvalue weighted by atomic mass is 10.3. The van der Waals surface area contributed by atoms with Crippen LogP contribution in [-0.4, -0.2) is 33.4 Å². The predicted octanol–water partition coefficient (Wildman–Crippen LogP) is 2.81. The Hall–Kier alpha value is -2.54. The molecule has 0 radical (unpaired) electrons. The van der Waals surface area contributed by atoms with E-state index in [0.717, 1.165) is 27.4 Å². The average Bonchev–Trinajstić information content (AvgIpc) is 2.96. The molecular formula is C15H14N4O2S. The number of H-pyrrole nitrogens is 1. The van der Waals surface area contributed by atoms with E-state index >= 15 is 0 Å². The highest BCUT2D eigenvalue weighted by Crippen LogP contribution is 2.22. The second-order valence-corrected chi connectivity index (χ2v) is 5.62. The molecule has 0 saturated carbocycles. The fraction of sp³-hybridized carbons (Fsp3) is 0.133. The number of amides is 1.